The minimum atomic E-state index is -3.98. The van der Waals surface area contributed by atoms with Crippen molar-refractivity contribution in [3.8, 4) is 0 Å². The quantitative estimate of drug-likeness (QED) is 0.544. The summed E-state index contributed by atoms with van der Waals surface area (Å²) in [6.07, 6.45) is 0. The lowest BCUT2D eigenvalue weighted by Gasteiger charge is -2.18. The number of sulfonamides is 1. The van der Waals surface area contributed by atoms with Gasteiger partial charge in [0.2, 0.25) is 0 Å². The van der Waals surface area contributed by atoms with Crippen LogP contribution >= 0.6 is 11.6 Å². The Hall–Kier alpha value is -2.83. The molecular formula is C24H25ClN2O3S. The van der Waals surface area contributed by atoms with Gasteiger partial charge in [0.1, 0.15) is 4.90 Å². The molecule has 0 aliphatic heterocycles. The van der Waals surface area contributed by atoms with Crippen LogP contribution in [0.15, 0.2) is 65.6 Å². The van der Waals surface area contributed by atoms with Crippen molar-refractivity contribution in [2.45, 2.75) is 32.2 Å². The fraction of sp³-hybridized carbons (Fsp3) is 0.208. The van der Waals surface area contributed by atoms with Crippen LogP contribution in [0.5, 0.6) is 0 Å². The fourth-order valence-electron chi connectivity index (χ4n) is 3.23. The van der Waals surface area contributed by atoms with Crippen LogP contribution in [0.1, 0.15) is 32.6 Å². The number of anilines is 1. The van der Waals surface area contributed by atoms with Crippen LogP contribution in [0.4, 0.5) is 5.69 Å². The Morgan fingerprint density at radius 3 is 2.23 bits per heavy atom. The second-order valence-electron chi connectivity index (χ2n) is 7.72. The molecule has 0 radical (unpaired) electrons. The first-order chi connectivity index (χ1) is 14.6. The monoisotopic (exact) mass is 456 g/mol. The Bertz CT molecular complexity index is 1220. The molecule has 1 N–H and O–H groups in total. The molecule has 0 fully saturated rings. The second-order valence-corrected chi connectivity index (χ2v) is 9.77. The highest BCUT2D eigenvalue weighted by Gasteiger charge is 2.22. The number of hydrogen-bond donors (Lipinski definition) is 1. The second kappa shape index (κ2) is 9.12. The van der Waals surface area contributed by atoms with Gasteiger partial charge in [-0.05, 0) is 56.2 Å². The molecule has 1 amide bonds. The van der Waals surface area contributed by atoms with E-state index < -0.39 is 10.0 Å². The molecule has 0 unspecified atom stereocenters. The maximum Gasteiger partial charge on any atom is 0.263 e. The van der Waals surface area contributed by atoms with Crippen LogP contribution in [-0.2, 0) is 16.6 Å². The van der Waals surface area contributed by atoms with Crippen molar-refractivity contribution >= 4 is 33.2 Å². The Balaban J connectivity index is 1.86. The van der Waals surface area contributed by atoms with Gasteiger partial charge in [-0.3, -0.25) is 9.52 Å². The molecular weight excluding hydrogens is 432 g/mol. The molecule has 0 atom stereocenters. The van der Waals surface area contributed by atoms with Crippen molar-refractivity contribution in [1.29, 1.82) is 0 Å². The summed E-state index contributed by atoms with van der Waals surface area (Å²) in [7, 11) is -2.30. The topological polar surface area (TPSA) is 66.5 Å². The summed E-state index contributed by atoms with van der Waals surface area (Å²) < 4.78 is 28.6. The lowest BCUT2D eigenvalue weighted by molar-refractivity contribution is 0.0785. The van der Waals surface area contributed by atoms with Gasteiger partial charge in [0.15, 0.2) is 0 Å². The largest absolute Gasteiger partial charge is 0.337 e. The van der Waals surface area contributed by atoms with E-state index in [0.29, 0.717) is 12.2 Å². The smallest absolute Gasteiger partial charge is 0.263 e. The van der Waals surface area contributed by atoms with E-state index in [2.05, 4.69) is 4.72 Å². The molecule has 3 aromatic rings. The number of benzene rings is 3. The summed E-state index contributed by atoms with van der Waals surface area (Å²) in [6.45, 7) is 6.17. The molecule has 31 heavy (non-hydrogen) atoms. The summed E-state index contributed by atoms with van der Waals surface area (Å²) in [5.41, 5.74) is 4.67. The zero-order chi connectivity index (χ0) is 22.8. The Kier molecular flexibility index (Phi) is 6.72. The van der Waals surface area contributed by atoms with Crippen LogP contribution in [0, 0.1) is 20.8 Å². The lowest BCUT2D eigenvalue weighted by Crippen LogP contribution is -2.26. The Morgan fingerprint density at radius 1 is 0.935 bits per heavy atom. The number of carbonyl (C=O) groups excluding carboxylic acids is 1. The van der Waals surface area contributed by atoms with E-state index >= 15 is 0 Å². The highest BCUT2D eigenvalue weighted by Crippen LogP contribution is 2.27. The molecule has 0 spiro atoms. The van der Waals surface area contributed by atoms with Gasteiger partial charge in [-0.25, -0.2) is 8.42 Å². The molecule has 162 valence electrons. The standard InChI is InChI=1S/C24H25ClN2O3S/c1-16-5-8-19(9-6-16)15-27(4)24(28)20-10-11-21(25)23(14-20)31(29,30)26-22-12-7-17(2)13-18(22)3/h5-14,26H,15H2,1-4H3. The van der Waals surface area contributed by atoms with Crippen molar-refractivity contribution < 1.29 is 13.2 Å². The predicted octanol–water partition coefficient (Wildman–Crippen LogP) is 5.34. The average molecular weight is 457 g/mol. The van der Waals surface area contributed by atoms with Gasteiger partial charge in [-0.2, -0.15) is 0 Å². The van der Waals surface area contributed by atoms with E-state index in [4.69, 9.17) is 11.6 Å². The van der Waals surface area contributed by atoms with Crippen molar-refractivity contribution in [1.82, 2.24) is 4.90 Å². The number of rotatable bonds is 6. The number of hydrogen-bond acceptors (Lipinski definition) is 3. The molecule has 0 heterocycles. The third-order valence-electron chi connectivity index (χ3n) is 4.98. The van der Waals surface area contributed by atoms with E-state index in [-0.39, 0.29) is 21.4 Å². The van der Waals surface area contributed by atoms with Crippen molar-refractivity contribution in [2.75, 3.05) is 11.8 Å². The van der Waals surface area contributed by atoms with E-state index in [0.717, 1.165) is 22.3 Å². The van der Waals surface area contributed by atoms with Crippen LogP contribution < -0.4 is 4.72 Å². The summed E-state index contributed by atoms with van der Waals surface area (Å²) in [5.74, 6) is -0.291. The fourth-order valence-corrected chi connectivity index (χ4v) is 4.89. The molecule has 0 aromatic heterocycles. The Labute approximate surface area is 188 Å². The molecule has 7 heteroatoms. The summed E-state index contributed by atoms with van der Waals surface area (Å²) in [5, 5.41) is 0.0509. The maximum absolute atomic E-state index is 13.0. The van der Waals surface area contributed by atoms with Gasteiger partial charge in [-0.1, -0.05) is 59.1 Å². The van der Waals surface area contributed by atoms with Crippen LogP contribution in [0.25, 0.3) is 0 Å². The van der Waals surface area contributed by atoms with Gasteiger partial charge >= 0.3 is 0 Å². The van der Waals surface area contributed by atoms with Crippen molar-refractivity contribution in [3.63, 3.8) is 0 Å². The minimum absolute atomic E-state index is 0.0509. The van der Waals surface area contributed by atoms with Crippen LogP contribution in [-0.4, -0.2) is 26.3 Å². The van der Waals surface area contributed by atoms with Gasteiger partial charge < -0.3 is 4.90 Å². The van der Waals surface area contributed by atoms with Gasteiger partial charge in [-0.15, -0.1) is 0 Å². The molecule has 3 aromatic carbocycles. The molecule has 0 bridgehead atoms. The first-order valence-corrected chi connectivity index (χ1v) is 11.6. The van der Waals surface area contributed by atoms with Gasteiger partial charge in [0.05, 0.1) is 10.7 Å². The van der Waals surface area contributed by atoms with Gasteiger partial charge in [0.25, 0.3) is 15.9 Å². The highest BCUT2D eigenvalue weighted by atomic mass is 35.5. The predicted molar refractivity (Wildman–Crippen MR) is 125 cm³/mol. The summed E-state index contributed by atoms with van der Waals surface area (Å²) in [6, 6.07) is 17.6. The minimum Gasteiger partial charge on any atom is -0.337 e. The maximum atomic E-state index is 13.0. The molecule has 0 aliphatic rings. The van der Waals surface area contributed by atoms with Crippen LogP contribution in [0.3, 0.4) is 0 Å². The van der Waals surface area contributed by atoms with Crippen molar-refractivity contribution in [2.24, 2.45) is 0 Å². The van der Waals surface area contributed by atoms with Crippen LogP contribution in [0.2, 0.25) is 5.02 Å². The molecule has 0 aliphatic carbocycles. The first-order valence-electron chi connectivity index (χ1n) is 9.77. The zero-order valence-electron chi connectivity index (χ0n) is 17.9. The molecule has 0 saturated heterocycles. The molecule has 5 nitrogen and oxygen atoms in total. The number of aryl methyl sites for hydroxylation is 3. The third kappa shape index (κ3) is 5.46. The SMILES string of the molecule is Cc1ccc(CN(C)C(=O)c2ccc(Cl)c(S(=O)(=O)Nc3ccc(C)cc3C)c2)cc1. The number of nitrogens with zero attached hydrogens (tertiary/aromatic N) is 1. The number of halogens is 1. The van der Waals surface area contributed by atoms with E-state index in [1.807, 2.05) is 57.2 Å². The average Bonchev–Trinajstić information content (AvgIpc) is 2.71. The third-order valence-corrected chi connectivity index (χ3v) is 6.83. The Morgan fingerprint density at radius 2 is 1.58 bits per heavy atom. The number of amides is 1. The lowest BCUT2D eigenvalue weighted by atomic mass is 10.1. The first kappa shape index (κ1) is 22.8. The molecule has 0 saturated carbocycles. The normalized spacial score (nSPS) is 11.3. The van der Waals surface area contributed by atoms with Gasteiger partial charge in [0, 0.05) is 19.2 Å². The highest BCUT2D eigenvalue weighted by molar-refractivity contribution is 7.92. The van der Waals surface area contributed by atoms with E-state index in [9.17, 15) is 13.2 Å². The summed E-state index contributed by atoms with van der Waals surface area (Å²) in [4.78, 5) is 14.3. The zero-order valence-corrected chi connectivity index (χ0v) is 19.5. The number of nitrogens with one attached hydrogen (secondary N) is 1. The summed E-state index contributed by atoms with van der Waals surface area (Å²) >= 11 is 6.20. The number of carbonyl (C=O) groups is 1. The van der Waals surface area contributed by atoms with E-state index in [1.165, 1.54) is 18.2 Å². The molecule has 3 rings (SSSR count). The van der Waals surface area contributed by atoms with Crippen molar-refractivity contribution in [3.05, 3.63) is 93.5 Å². The van der Waals surface area contributed by atoms with E-state index in [1.54, 1.807) is 18.0 Å².